The van der Waals surface area contributed by atoms with Gasteiger partial charge in [0.05, 0.1) is 22.5 Å². The third-order valence-electron chi connectivity index (χ3n) is 5.38. The number of ether oxygens (including phenoxy) is 1. The van der Waals surface area contributed by atoms with Gasteiger partial charge in [0.2, 0.25) is 5.91 Å². The molecular weight excluding hydrogens is 450 g/mol. The van der Waals surface area contributed by atoms with Gasteiger partial charge in [0, 0.05) is 12.5 Å². The molecule has 0 saturated carbocycles. The molecule has 9 nitrogen and oxygen atoms in total. The molecule has 3 aromatic carbocycles. The monoisotopic (exact) mass is 471 g/mol. The lowest BCUT2D eigenvalue weighted by Crippen LogP contribution is -2.45. The lowest BCUT2D eigenvalue weighted by molar-refractivity contribution is -0.131. The van der Waals surface area contributed by atoms with E-state index < -0.39 is 35.6 Å². The van der Waals surface area contributed by atoms with Gasteiger partial charge in [-0.3, -0.25) is 28.9 Å². The number of imide groups is 1. The molecule has 0 spiro atoms. The van der Waals surface area contributed by atoms with Gasteiger partial charge in [0.25, 0.3) is 17.7 Å². The Morgan fingerprint density at radius 3 is 1.97 bits per heavy atom. The molecule has 4 rings (SSSR count). The molecule has 1 heterocycles. The zero-order valence-corrected chi connectivity index (χ0v) is 18.9. The van der Waals surface area contributed by atoms with Gasteiger partial charge >= 0.3 is 5.97 Å². The molecule has 1 aliphatic heterocycles. The highest BCUT2D eigenvalue weighted by Gasteiger charge is 2.40. The average Bonchev–Trinajstić information content (AvgIpc) is 3.09. The molecule has 2 N–H and O–H groups in total. The van der Waals surface area contributed by atoms with Crippen molar-refractivity contribution in [3.05, 3.63) is 89.5 Å². The summed E-state index contributed by atoms with van der Waals surface area (Å²) in [5, 5.41) is 5.39. The van der Waals surface area contributed by atoms with E-state index in [1.807, 2.05) is 0 Å². The summed E-state index contributed by atoms with van der Waals surface area (Å²) >= 11 is 0. The second kappa shape index (κ2) is 9.60. The summed E-state index contributed by atoms with van der Waals surface area (Å²) in [7, 11) is 0. The Labute approximate surface area is 200 Å². The van der Waals surface area contributed by atoms with E-state index in [0.717, 1.165) is 4.90 Å². The van der Waals surface area contributed by atoms with Crippen molar-refractivity contribution in [1.29, 1.82) is 0 Å². The lowest BCUT2D eigenvalue weighted by Gasteiger charge is -2.22. The number of hydrogen-bond acceptors (Lipinski definition) is 6. The third kappa shape index (κ3) is 4.79. The Morgan fingerprint density at radius 1 is 0.800 bits per heavy atom. The number of rotatable bonds is 6. The number of fused-ring (bicyclic) bond motifs is 1. The number of carbonyl (C=O) groups excluding carboxylic acids is 5. The van der Waals surface area contributed by atoms with E-state index in [-0.39, 0.29) is 28.1 Å². The van der Waals surface area contributed by atoms with Crippen LogP contribution in [0.4, 0.5) is 11.4 Å². The van der Waals surface area contributed by atoms with Crippen molar-refractivity contribution in [3.63, 3.8) is 0 Å². The van der Waals surface area contributed by atoms with Crippen LogP contribution in [0.15, 0.2) is 72.8 Å². The molecule has 35 heavy (non-hydrogen) atoms. The molecule has 0 radical (unpaired) electrons. The minimum absolute atomic E-state index is 0.224. The van der Waals surface area contributed by atoms with E-state index in [4.69, 9.17) is 4.74 Å². The normalized spacial score (nSPS) is 13.1. The number of carbonyl (C=O) groups is 5. The van der Waals surface area contributed by atoms with Crippen LogP contribution in [0.1, 0.15) is 44.9 Å². The summed E-state index contributed by atoms with van der Waals surface area (Å²) < 4.78 is 5.01. The minimum atomic E-state index is -1.09. The molecule has 1 atom stereocenters. The van der Waals surface area contributed by atoms with E-state index >= 15 is 0 Å². The van der Waals surface area contributed by atoms with Crippen molar-refractivity contribution in [2.24, 2.45) is 0 Å². The number of esters is 1. The van der Waals surface area contributed by atoms with Crippen LogP contribution >= 0.6 is 0 Å². The van der Waals surface area contributed by atoms with E-state index in [0.29, 0.717) is 5.69 Å². The van der Waals surface area contributed by atoms with Crippen molar-refractivity contribution < 1.29 is 28.7 Å². The number of hydrogen-bond donors (Lipinski definition) is 2. The number of benzene rings is 3. The largest absolute Gasteiger partial charge is 0.427 e. The Balaban J connectivity index is 1.49. The first kappa shape index (κ1) is 23.4. The predicted octanol–water partition coefficient (Wildman–Crippen LogP) is 3.49. The van der Waals surface area contributed by atoms with Gasteiger partial charge in [-0.25, -0.2) is 0 Å². The van der Waals surface area contributed by atoms with E-state index in [9.17, 15) is 24.0 Å². The van der Waals surface area contributed by atoms with E-state index in [1.165, 1.54) is 19.9 Å². The van der Waals surface area contributed by atoms with Gasteiger partial charge in [-0.2, -0.15) is 0 Å². The highest BCUT2D eigenvalue weighted by molar-refractivity contribution is 6.23. The molecule has 1 aliphatic rings. The molecule has 3 aromatic rings. The maximum absolute atomic E-state index is 13.0. The number of nitrogens with one attached hydrogen (secondary N) is 2. The van der Waals surface area contributed by atoms with Crippen LogP contribution in [-0.4, -0.2) is 40.5 Å². The highest BCUT2D eigenvalue weighted by atomic mass is 16.5. The van der Waals surface area contributed by atoms with Crippen molar-refractivity contribution in [3.8, 4) is 5.75 Å². The molecule has 0 aliphatic carbocycles. The fourth-order valence-electron chi connectivity index (χ4n) is 3.68. The molecule has 9 heteroatoms. The van der Waals surface area contributed by atoms with Crippen molar-refractivity contribution in [1.82, 2.24) is 4.90 Å². The van der Waals surface area contributed by atoms with Crippen LogP contribution in [0.5, 0.6) is 5.75 Å². The zero-order chi connectivity index (χ0) is 25.1. The molecule has 0 fully saturated rings. The first-order chi connectivity index (χ1) is 16.8. The van der Waals surface area contributed by atoms with Crippen LogP contribution in [0.3, 0.4) is 0 Å². The molecule has 176 valence electrons. The second-order valence-electron chi connectivity index (χ2n) is 7.81. The molecule has 0 saturated heterocycles. The number of nitrogens with zero attached hydrogens (tertiary/aromatic N) is 1. The standard InChI is InChI=1S/C26H21N3O6/c1-15(29-25(33)19-10-3-4-11-20(19)26(29)34)23(31)27-21-12-5-6-13-22(21)28-24(32)17-8-7-9-18(14-17)35-16(2)30/h3-15H,1-2H3,(H,27,31)(H,28,32). The van der Waals surface area contributed by atoms with Crippen molar-refractivity contribution in [2.45, 2.75) is 19.9 Å². The van der Waals surface area contributed by atoms with Crippen LogP contribution in [0.2, 0.25) is 0 Å². The Bertz CT molecular complexity index is 1330. The SMILES string of the molecule is CC(=O)Oc1cccc(C(=O)Nc2ccccc2NC(=O)C(C)N2C(=O)c3ccccc3C2=O)c1. The minimum Gasteiger partial charge on any atom is -0.427 e. The van der Waals surface area contributed by atoms with E-state index in [1.54, 1.807) is 66.7 Å². The van der Waals surface area contributed by atoms with Crippen LogP contribution in [0, 0.1) is 0 Å². The molecule has 4 amide bonds. The summed E-state index contributed by atoms with van der Waals surface area (Å²) in [4.78, 5) is 63.3. The van der Waals surface area contributed by atoms with Gasteiger partial charge < -0.3 is 15.4 Å². The van der Waals surface area contributed by atoms with Gasteiger partial charge in [-0.15, -0.1) is 0 Å². The third-order valence-corrected chi connectivity index (χ3v) is 5.38. The summed E-state index contributed by atoms with van der Waals surface area (Å²) in [5.41, 5.74) is 1.33. The van der Waals surface area contributed by atoms with Crippen molar-refractivity contribution >= 4 is 41.0 Å². The summed E-state index contributed by atoms with van der Waals surface area (Å²) in [6.07, 6.45) is 0. The summed E-state index contributed by atoms with van der Waals surface area (Å²) in [6.45, 7) is 2.72. The molecular formula is C26H21N3O6. The Hall–Kier alpha value is -4.79. The highest BCUT2D eigenvalue weighted by Crippen LogP contribution is 2.27. The molecule has 0 bridgehead atoms. The van der Waals surface area contributed by atoms with Crippen LogP contribution in [0.25, 0.3) is 0 Å². The van der Waals surface area contributed by atoms with Crippen molar-refractivity contribution in [2.75, 3.05) is 10.6 Å². The van der Waals surface area contributed by atoms with Gasteiger partial charge in [-0.1, -0.05) is 30.3 Å². The molecule has 0 aromatic heterocycles. The summed E-state index contributed by atoms with van der Waals surface area (Å²) in [6, 6.07) is 17.9. The first-order valence-corrected chi connectivity index (χ1v) is 10.7. The number of para-hydroxylation sites is 2. The second-order valence-corrected chi connectivity index (χ2v) is 7.81. The van der Waals surface area contributed by atoms with Gasteiger partial charge in [-0.05, 0) is 49.4 Å². The maximum atomic E-state index is 13.0. The summed E-state index contributed by atoms with van der Waals surface area (Å²) in [5.74, 6) is -2.46. The average molecular weight is 471 g/mol. The van der Waals surface area contributed by atoms with E-state index in [2.05, 4.69) is 10.6 Å². The van der Waals surface area contributed by atoms with Crippen LogP contribution < -0.4 is 15.4 Å². The Morgan fingerprint density at radius 2 is 1.37 bits per heavy atom. The first-order valence-electron chi connectivity index (χ1n) is 10.7. The maximum Gasteiger partial charge on any atom is 0.308 e. The smallest absolute Gasteiger partial charge is 0.308 e. The van der Waals surface area contributed by atoms with Gasteiger partial charge in [0.15, 0.2) is 0 Å². The fraction of sp³-hybridized carbons (Fsp3) is 0.115. The van der Waals surface area contributed by atoms with Crippen LogP contribution in [-0.2, 0) is 9.59 Å². The predicted molar refractivity (Wildman–Crippen MR) is 127 cm³/mol. The molecule has 1 unspecified atom stereocenters. The fourth-order valence-corrected chi connectivity index (χ4v) is 3.68. The topological polar surface area (TPSA) is 122 Å². The number of anilines is 2. The zero-order valence-electron chi connectivity index (χ0n) is 18.9. The quantitative estimate of drug-likeness (QED) is 0.322. The Kier molecular flexibility index (Phi) is 6.41. The lowest BCUT2D eigenvalue weighted by atomic mass is 10.1. The van der Waals surface area contributed by atoms with Gasteiger partial charge in [0.1, 0.15) is 11.8 Å². The number of amides is 4.